The van der Waals surface area contributed by atoms with Crippen molar-refractivity contribution in [2.45, 2.75) is 19.5 Å². The molecule has 0 fully saturated rings. The highest BCUT2D eigenvalue weighted by atomic mass is 19.4. The lowest BCUT2D eigenvalue weighted by molar-refractivity contribution is -0.275. The van der Waals surface area contributed by atoms with Crippen LogP contribution in [0.1, 0.15) is 11.3 Å². The van der Waals surface area contributed by atoms with E-state index in [9.17, 15) is 31.1 Å². The van der Waals surface area contributed by atoms with Crippen LogP contribution in [0.25, 0.3) is 0 Å². The molecule has 96 valence electrons. The molecule has 1 N–H and O–H groups in total. The van der Waals surface area contributed by atoms with Crippen LogP contribution in [0.15, 0.2) is 11.0 Å². The van der Waals surface area contributed by atoms with Crippen LogP contribution in [-0.4, -0.2) is 11.3 Å². The number of aromatic amines is 1. The number of halogens is 6. The Bertz CT molecular complexity index is 472. The van der Waals surface area contributed by atoms with E-state index in [1.54, 1.807) is 0 Å². The number of alkyl halides is 6. The number of rotatable bonds is 1. The van der Waals surface area contributed by atoms with Crippen LogP contribution in [0.2, 0.25) is 0 Å². The van der Waals surface area contributed by atoms with Crippen LogP contribution in [0.3, 0.4) is 0 Å². The number of aromatic nitrogens is 1. The summed E-state index contributed by atoms with van der Waals surface area (Å²) in [7, 11) is 0. The molecule has 0 aliphatic carbocycles. The van der Waals surface area contributed by atoms with Crippen molar-refractivity contribution in [2.75, 3.05) is 0 Å². The molecule has 1 aromatic rings. The van der Waals surface area contributed by atoms with Gasteiger partial charge in [0.25, 0.3) is 0 Å². The topological polar surface area (TPSA) is 42.1 Å². The van der Waals surface area contributed by atoms with E-state index in [4.69, 9.17) is 0 Å². The van der Waals surface area contributed by atoms with Crippen molar-refractivity contribution >= 4 is 0 Å². The lowest BCUT2D eigenvalue weighted by Gasteiger charge is -2.12. The van der Waals surface area contributed by atoms with Gasteiger partial charge in [-0.3, -0.25) is 4.79 Å². The zero-order valence-corrected chi connectivity index (χ0v) is 8.16. The summed E-state index contributed by atoms with van der Waals surface area (Å²) in [5.41, 5.74) is -4.05. The Labute approximate surface area is 90.0 Å². The van der Waals surface area contributed by atoms with Crippen LogP contribution in [0, 0.1) is 6.92 Å². The van der Waals surface area contributed by atoms with Gasteiger partial charge in [0, 0.05) is 6.20 Å². The molecule has 0 spiro atoms. The number of H-pyrrole nitrogens is 1. The molecule has 0 radical (unpaired) electrons. The number of hydrogen-bond acceptors (Lipinski definition) is 2. The molecule has 0 saturated carbocycles. The third kappa shape index (κ3) is 3.14. The number of ether oxygens (including phenoxy) is 1. The van der Waals surface area contributed by atoms with E-state index in [1.807, 2.05) is 4.98 Å². The van der Waals surface area contributed by atoms with Gasteiger partial charge in [0.05, 0.1) is 5.69 Å². The minimum absolute atomic E-state index is 0.293. The first-order valence-electron chi connectivity index (χ1n) is 4.07. The van der Waals surface area contributed by atoms with E-state index in [0.717, 1.165) is 6.92 Å². The lowest BCUT2D eigenvalue weighted by atomic mass is 10.2. The minimum Gasteiger partial charge on any atom is -0.400 e. The van der Waals surface area contributed by atoms with Gasteiger partial charge in [0.2, 0.25) is 5.43 Å². The number of hydrogen-bond donors (Lipinski definition) is 1. The van der Waals surface area contributed by atoms with Gasteiger partial charge >= 0.3 is 12.5 Å². The zero-order valence-electron chi connectivity index (χ0n) is 8.16. The standard InChI is InChI=1S/C8H5F6NO2/c1-3-6(17-8(12,13)14)5(16)4(2-15-3)7(9,10)11/h2H,1H3,(H,15,16). The Morgan fingerprint density at radius 2 is 1.71 bits per heavy atom. The van der Waals surface area contributed by atoms with Gasteiger partial charge in [-0.05, 0) is 6.92 Å². The van der Waals surface area contributed by atoms with E-state index < -0.39 is 35.0 Å². The average Bonchev–Trinajstić information content (AvgIpc) is 2.08. The fraction of sp³-hybridized carbons (Fsp3) is 0.375. The Balaban J connectivity index is 3.36. The monoisotopic (exact) mass is 261 g/mol. The van der Waals surface area contributed by atoms with Crippen LogP contribution in [-0.2, 0) is 6.18 Å². The molecule has 0 bridgehead atoms. The van der Waals surface area contributed by atoms with Gasteiger partial charge in [-0.15, -0.1) is 13.2 Å². The highest BCUT2D eigenvalue weighted by molar-refractivity contribution is 5.32. The van der Waals surface area contributed by atoms with Crippen LogP contribution < -0.4 is 10.2 Å². The second-order valence-electron chi connectivity index (χ2n) is 3.03. The highest BCUT2D eigenvalue weighted by Crippen LogP contribution is 2.29. The summed E-state index contributed by atoms with van der Waals surface area (Å²) in [6, 6.07) is 0. The number of aryl methyl sites for hydroxylation is 1. The maximum absolute atomic E-state index is 12.2. The Kier molecular flexibility index (Phi) is 3.13. The molecular formula is C8H5F6NO2. The largest absolute Gasteiger partial charge is 0.573 e. The Morgan fingerprint density at radius 3 is 2.12 bits per heavy atom. The van der Waals surface area contributed by atoms with Crippen LogP contribution in [0.5, 0.6) is 5.75 Å². The predicted molar refractivity (Wildman–Crippen MR) is 43.5 cm³/mol. The molecule has 17 heavy (non-hydrogen) atoms. The summed E-state index contributed by atoms with van der Waals surface area (Å²) >= 11 is 0. The molecule has 0 atom stereocenters. The molecule has 9 heteroatoms. The Hall–Kier alpha value is -1.67. The van der Waals surface area contributed by atoms with E-state index in [0.29, 0.717) is 6.20 Å². The van der Waals surface area contributed by atoms with Crippen molar-refractivity contribution in [3.8, 4) is 5.75 Å². The highest BCUT2D eigenvalue weighted by Gasteiger charge is 2.38. The van der Waals surface area contributed by atoms with Gasteiger partial charge in [0.1, 0.15) is 5.56 Å². The molecule has 0 saturated heterocycles. The van der Waals surface area contributed by atoms with Gasteiger partial charge in [-0.2, -0.15) is 13.2 Å². The van der Waals surface area contributed by atoms with Crippen molar-refractivity contribution in [3.05, 3.63) is 27.7 Å². The average molecular weight is 261 g/mol. The van der Waals surface area contributed by atoms with Crippen LogP contribution >= 0.6 is 0 Å². The summed E-state index contributed by atoms with van der Waals surface area (Å²) in [4.78, 5) is 13.0. The zero-order chi connectivity index (χ0) is 13.4. The summed E-state index contributed by atoms with van der Waals surface area (Å²) in [5.74, 6) is -1.41. The first-order chi connectivity index (χ1) is 7.52. The number of nitrogens with one attached hydrogen (secondary N) is 1. The second-order valence-corrected chi connectivity index (χ2v) is 3.03. The molecule has 0 aromatic carbocycles. The molecule has 1 rings (SSSR count). The third-order valence-electron chi connectivity index (χ3n) is 1.75. The molecule has 1 aromatic heterocycles. The maximum atomic E-state index is 12.2. The summed E-state index contributed by atoms with van der Waals surface area (Å²) < 4.78 is 75.6. The molecular weight excluding hydrogens is 256 g/mol. The normalized spacial score (nSPS) is 12.6. The van der Waals surface area contributed by atoms with E-state index in [1.165, 1.54) is 0 Å². The van der Waals surface area contributed by atoms with E-state index >= 15 is 0 Å². The second kappa shape index (κ2) is 3.97. The summed E-state index contributed by atoms with van der Waals surface area (Å²) in [6.07, 6.45) is -9.99. The SMILES string of the molecule is Cc1[nH]cc(C(F)(F)F)c(=O)c1OC(F)(F)F. The molecule has 0 unspecified atom stereocenters. The molecule has 1 heterocycles. The minimum atomic E-state index is -5.23. The fourth-order valence-corrected chi connectivity index (χ4v) is 1.05. The van der Waals surface area contributed by atoms with Crippen molar-refractivity contribution < 1.29 is 31.1 Å². The van der Waals surface area contributed by atoms with Crippen LogP contribution in [0.4, 0.5) is 26.3 Å². The van der Waals surface area contributed by atoms with Gasteiger partial charge < -0.3 is 9.72 Å². The van der Waals surface area contributed by atoms with E-state index in [2.05, 4.69) is 4.74 Å². The molecule has 0 amide bonds. The Morgan fingerprint density at radius 1 is 1.18 bits per heavy atom. The molecule has 0 aliphatic rings. The quantitative estimate of drug-likeness (QED) is 0.789. The predicted octanol–water partition coefficient (Wildman–Crippen LogP) is 2.60. The molecule has 3 nitrogen and oxygen atoms in total. The van der Waals surface area contributed by atoms with Gasteiger partial charge in [0.15, 0.2) is 5.75 Å². The summed E-state index contributed by atoms with van der Waals surface area (Å²) in [5, 5.41) is 0. The third-order valence-corrected chi connectivity index (χ3v) is 1.75. The number of pyridine rings is 1. The van der Waals surface area contributed by atoms with E-state index in [-0.39, 0.29) is 0 Å². The van der Waals surface area contributed by atoms with Crippen molar-refractivity contribution in [3.63, 3.8) is 0 Å². The van der Waals surface area contributed by atoms with Crippen molar-refractivity contribution in [1.82, 2.24) is 4.98 Å². The lowest BCUT2D eigenvalue weighted by Crippen LogP contribution is -2.27. The first kappa shape index (κ1) is 13.4. The van der Waals surface area contributed by atoms with Gasteiger partial charge in [-0.1, -0.05) is 0 Å². The van der Waals surface area contributed by atoms with Crippen molar-refractivity contribution in [2.24, 2.45) is 0 Å². The van der Waals surface area contributed by atoms with Crippen molar-refractivity contribution in [1.29, 1.82) is 0 Å². The fourth-order valence-electron chi connectivity index (χ4n) is 1.05. The first-order valence-corrected chi connectivity index (χ1v) is 4.07. The maximum Gasteiger partial charge on any atom is 0.573 e. The molecule has 0 aliphatic heterocycles. The summed E-state index contributed by atoms with van der Waals surface area (Å²) in [6.45, 7) is 0.989. The smallest absolute Gasteiger partial charge is 0.400 e. The van der Waals surface area contributed by atoms with Gasteiger partial charge in [-0.25, -0.2) is 0 Å².